The normalized spacial score (nSPS) is 13.4. The van der Waals surface area contributed by atoms with Crippen LogP contribution in [0.25, 0.3) is 32.9 Å². The minimum atomic E-state index is 0.108. The summed E-state index contributed by atoms with van der Waals surface area (Å²) in [5.74, 6) is 1.47. The summed E-state index contributed by atoms with van der Waals surface area (Å²) in [6.45, 7) is 8.86. The molecule has 238 valence electrons. The van der Waals surface area contributed by atoms with Gasteiger partial charge in [-0.2, -0.15) is 0 Å². The van der Waals surface area contributed by atoms with Crippen molar-refractivity contribution in [3.05, 3.63) is 108 Å². The topological polar surface area (TPSA) is 111 Å². The number of aromatic nitrogens is 4. The molecule has 0 spiro atoms. The first kappa shape index (κ1) is 30.7. The number of likely N-dealkylation sites (tertiary alicyclic amines) is 1. The molecule has 0 radical (unpaired) electrons. The molecule has 7 rings (SSSR count). The lowest BCUT2D eigenvalue weighted by Gasteiger charge is -2.18. The fraction of sp³-hybridized carbons (Fsp3) is 0.263. The molecule has 4 N–H and O–H groups in total. The van der Waals surface area contributed by atoms with Gasteiger partial charge in [0.25, 0.3) is 0 Å². The van der Waals surface area contributed by atoms with Crippen LogP contribution in [0.3, 0.4) is 0 Å². The summed E-state index contributed by atoms with van der Waals surface area (Å²) in [7, 11) is 0. The van der Waals surface area contributed by atoms with Crippen LogP contribution in [0.4, 0.5) is 23.0 Å². The Morgan fingerprint density at radius 1 is 0.702 bits per heavy atom. The zero-order valence-corrected chi connectivity index (χ0v) is 26.9. The Kier molecular flexibility index (Phi) is 9.01. The Bertz CT molecular complexity index is 2040. The Labute approximate surface area is 275 Å². The highest BCUT2D eigenvalue weighted by atomic mass is 16.3. The van der Waals surface area contributed by atoms with Crippen molar-refractivity contribution in [1.82, 2.24) is 30.2 Å². The summed E-state index contributed by atoms with van der Waals surface area (Å²) in [5.41, 5.74) is 10.5. The van der Waals surface area contributed by atoms with E-state index >= 15 is 0 Å². The first-order valence-corrected chi connectivity index (χ1v) is 16.3. The average molecular weight is 625 g/mol. The molecule has 1 aliphatic rings. The van der Waals surface area contributed by atoms with Gasteiger partial charge in [-0.1, -0.05) is 24.3 Å². The smallest absolute Gasteiger partial charge is 0.156 e. The van der Waals surface area contributed by atoms with E-state index in [9.17, 15) is 0 Å². The molecule has 0 unspecified atom stereocenters. The molecule has 47 heavy (non-hydrogen) atoms. The Hall–Kier alpha value is -4.96. The Morgan fingerprint density at radius 2 is 1.26 bits per heavy atom. The first-order valence-electron chi connectivity index (χ1n) is 16.3. The van der Waals surface area contributed by atoms with E-state index in [2.05, 4.69) is 93.2 Å². The van der Waals surface area contributed by atoms with Gasteiger partial charge in [0.05, 0.1) is 6.61 Å². The molecule has 4 aromatic heterocycles. The predicted molar refractivity (Wildman–Crippen MR) is 190 cm³/mol. The molecule has 1 fully saturated rings. The van der Waals surface area contributed by atoms with Gasteiger partial charge < -0.3 is 21.1 Å². The van der Waals surface area contributed by atoms with Crippen LogP contribution in [-0.2, 0) is 13.1 Å². The number of hydrogen-bond acceptors (Lipinski definition) is 9. The molecular formula is C38H40N8O. The minimum Gasteiger partial charge on any atom is -0.395 e. The number of anilines is 4. The largest absolute Gasteiger partial charge is 0.395 e. The molecule has 2 aromatic carbocycles. The molecule has 0 amide bonds. The molecule has 0 aliphatic carbocycles. The monoisotopic (exact) mass is 624 g/mol. The van der Waals surface area contributed by atoms with Crippen molar-refractivity contribution in [2.45, 2.75) is 39.8 Å². The van der Waals surface area contributed by atoms with Crippen molar-refractivity contribution in [2.24, 2.45) is 0 Å². The maximum absolute atomic E-state index is 9.07. The molecule has 5 heterocycles. The quantitative estimate of drug-likeness (QED) is 0.113. The highest BCUT2D eigenvalue weighted by Gasteiger charge is 2.16. The highest BCUT2D eigenvalue weighted by molar-refractivity contribution is 5.92. The number of nitrogens with zero attached hydrogens (tertiary/aromatic N) is 5. The molecule has 9 heteroatoms. The third-order valence-corrected chi connectivity index (χ3v) is 9.00. The van der Waals surface area contributed by atoms with Crippen molar-refractivity contribution in [3.8, 4) is 11.1 Å². The summed E-state index contributed by atoms with van der Waals surface area (Å²) >= 11 is 0. The lowest BCUT2D eigenvalue weighted by Crippen LogP contribution is -2.18. The molecule has 0 bridgehead atoms. The van der Waals surface area contributed by atoms with E-state index in [1.54, 1.807) is 6.20 Å². The second-order valence-corrected chi connectivity index (χ2v) is 12.2. The van der Waals surface area contributed by atoms with Gasteiger partial charge in [-0.15, -0.1) is 0 Å². The van der Waals surface area contributed by atoms with Crippen molar-refractivity contribution >= 4 is 44.8 Å². The summed E-state index contributed by atoms with van der Waals surface area (Å²) in [5, 5.41) is 21.5. The number of fused-ring (bicyclic) bond motifs is 2. The molecule has 1 saturated heterocycles. The fourth-order valence-corrected chi connectivity index (χ4v) is 6.47. The van der Waals surface area contributed by atoms with Crippen molar-refractivity contribution in [3.63, 3.8) is 0 Å². The molecule has 0 saturated carbocycles. The number of aliphatic hydroxyl groups is 1. The van der Waals surface area contributed by atoms with E-state index in [0.29, 0.717) is 18.9 Å². The second-order valence-electron chi connectivity index (χ2n) is 12.2. The minimum absolute atomic E-state index is 0.108. The summed E-state index contributed by atoms with van der Waals surface area (Å²) in [6, 6.07) is 21.0. The second kappa shape index (κ2) is 13.8. The van der Waals surface area contributed by atoms with Gasteiger partial charge in [0.2, 0.25) is 0 Å². The SMILES string of the molecule is Cc1c(Nc2nccc3cc(CNCCO)cnc23)cccc1-c1cccc(Nc2nccc3cc(CN4CCCC4)cnc23)c1C. The Morgan fingerprint density at radius 3 is 1.83 bits per heavy atom. The molecule has 6 aromatic rings. The average Bonchev–Trinajstić information content (AvgIpc) is 3.60. The zero-order valence-electron chi connectivity index (χ0n) is 26.9. The molecule has 9 nitrogen and oxygen atoms in total. The van der Waals surface area contributed by atoms with Crippen LogP contribution in [0.15, 0.2) is 85.5 Å². The van der Waals surface area contributed by atoms with E-state index in [1.165, 1.54) is 31.5 Å². The van der Waals surface area contributed by atoms with Gasteiger partial charge in [0.1, 0.15) is 11.0 Å². The highest BCUT2D eigenvalue weighted by Crippen LogP contribution is 2.36. The zero-order chi connectivity index (χ0) is 32.2. The molecule has 1 aliphatic heterocycles. The first-order chi connectivity index (χ1) is 23.1. The van der Waals surface area contributed by atoms with Crippen molar-refractivity contribution < 1.29 is 5.11 Å². The molecule has 0 atom stereocenters. The Balaban J connectivity index is 1.14. The van der Waals surface area contributed by atoms with E-state index in [4.69, 9.17) is 15.1 Å². The standard InChI is InChI=1S/C38H40N8O/c1-25-31(7-5-9-33(25)44-37-35-29(11-13-40-37)19-27(22-42-35)21-39-15-18-47)32-8-6-10-34(26(32)2)45-38-36-30(12-14-41-38)20-28(23-43-36)24-46-16-3-4-17-46/h5-14,19-20,22-23,39,47H,3-4,15-18,21,24H2,1-2H3,(H,40,44)(H,41,45). The van der Waals surface area contributed by atoms with E-state index in [-0.39, 0.29) is 6.61 Å². The number of aliphatic hydroxyl groups excluding tert-OH is 1. The fourth-order valence-electron chi connectivity index (χ4n) is 6.47. The van der Waals surface area contributed by atoms with Gasteiger partial charge in [0, 0.05) is 66.6 Å². The van der Waals surface area contributed by atoms with Gasteiger partial charge in [-0.25, -0.2) is 9.97 Å². The van der Waals surface area contributed by atoms with Crippen LogP contribution in [0.1, 0.15) is 35.1 Å². The lowest BCUT2D eigenvalue weighted by atomic mass is 9.94. The van der Waals surface area contributed by atoms with Crippen LogP contribution < -0.4 is 16.0 Å². The van der Waals surface area contributed by atoms with Crippen LogP contribution >= 0.6 is 0 Å². The number of nitrogens with one attached hydrogen (secondary N) is 3. The van der Waals surface area contributed by atoms with Gasteiger partial charge in [-0.05, 0) is 110 Å². The number of rotatable bonds is 11. The lowest BCUT2D eigenvalue weighted by molar-refractivity contribution is 0.292. The van der Waals surface area contributed by atoms with Crippen LogP contribution in [0.2, 0.25) is 0 Å². The van der Waals surface area contributed by atoms with E-state index < -0.39 is 0 Å². The molecular weight excluding hydrogens is 584 g/mol. The number of benzene rings is 2. The maximum atomic E-state index is 9.07. The summed E-state index contributed by atoms with van der Waals surface area (Å²) in [4.78, 5) is 21.4. The van der Waals surface area contributed by atoms with E-state index in [0.717, 1.165) is 73.4 Å². The third-order valence-electron chi connectivity index (χ3n) is 9.00. The van der Waals surface area contributed by atoms with Crippen molar-refractivity contribution in [2.75, 3.05) is 36.9 Å². The maximum Gasteiger partial charge on any atom is 0.156 e. The number of pyridine rings is 4. The van der Waals surface area contributed by atoms with Gasteiger partial charge >= 0.3 is 0 Å². The third kappa shape index (κ3) is 6.64. The summed E-state index contributed by atoms with van der Waals surface area (Å²) < 4.78 is 0. The van der Waals surface area contributed by atoms with Crippen LogP contribution in [0.5, 0.6) is 0 Å². The summed E-state index contributed by atoms with van der Waals surface area (Å²) in [6.07, 6.45) is 10.1. The van der Waals surface area contributed by atoms with Crippen LogP contribution in [-0.4, -0.2) is 56.2 Å². The number of hydrogen-bond donors (Lipinski definition) is 4. The van der Waals surface area contributed by atoms with E-state index in [1.807, 2.05) is 30.7 Å². The van der Waals surface area contributed by atoms with Gasteiger partial charge in [0.15, 0.2) is 11.6 Å². The van der Waals surface area contributed by atoms with Gasteiger partial charge in [-0.3, -0.25) is 14.9 Å². The predicted octanol–water partition coefficient (Wildman–Crippen LogP) is 7.02. The van der Waals surface area contributed by atoms with Crippen LogP contribution in [0, 0.1) is 13.8 Å². The van der Waals surface area contributed by atoms with Crippen molar-refractivity contribution in [1.29, 1.82) is 0 Å².